The molecule has 0 aliphatic carbocycles. The molecular weight excluding hydrogens is 250 g/mol. The number of amides is 1. The summed E-state index contributed by atoms with van der Waals surface area (Å²) in [4.78, 5) is 16.9. The van der Waals surface area contributed by atoms with E-state index in [1.54, 1.807) is 0 Å². The molecule has 18 heavy (non-hydrogen) atoms. The summed E-state index contributed by atoms with van der Waals surface area (Å²) in [6, 6.07) is 0. The lowest BCUT2D eigenvalue weighted by atomic mass is 10.1. The number of rotatable bonds is 1. The molecule has 0 unspecified atom stereocenters. The van der Waals surface area contributed by atoms with E-state index in [9.17, 15) is 4.79 Å². The van der Waals surface area contributed by atoms with E-state index in [1.807, 2.05) is 23.2 Å². The molecule has 0 radical (unpaired) electrons. The second-order valence-corrected chi connectivity index (χ2v) is 5.04. The van der Waals surface area contributed by atoms with Crippen molar-refractivity contribution in [2.45, 2.75) is 13.0 Å². The predicted molar refractivity (Wildman–Crippen MR) is 67.2 cm³/mol. The van der Waals surface area contributed by atoms with Crippen LogP contribution in [0.4, 0.5) is 0 Å². The largest absolute Gasteiger partial charge is 0.327 e. The summed E-state index contributed by atoms with van der Waals surface area (Å²) in [5, 5.41) is 12.2. The highest BCUT2D eigenvalue weighted by Crippen LogP contribution is 2.15. The monoisotopic (exact) mass is 263 g/mol. The van der Waals surface area contributed by atoms with Gasteiger partial charge in [-0.25, -0.2) is 0 Å². The van der Waals surface area contributed by atoms with Crippen molar-refractivity contribution in [3.63, 3.8) is 0 Å². The molecule has 1 aliphatic rings. The van der Waals surface area contributed by atoms with Crippen LogP contribution in [-0.2, 0) is 20.0 Å². The summed E-state index contributed by atoms with van der Waals surface area (Å²) < 4.78 is 1.82. The summed E-state index contributed by atoms with van der Waals surface area (Å²) in [6.07, 6.45) is 2.75. The average Bonchev–Trinajstić information content (AvgIpc) is 2.96. The molecule has 0 saturated carbocycles. The maximum Gasteiger partial charge on any atom is 0.300 e. The zero-order chi connectivity index (χ0) is 12.5. The van der Waals surface area contributed by atoms with Crippen LogP contribution in [0.5, 0.6) is 0 Å². The van der Waals surface area contributed by atoms with Gasteiger partial charge in [-0.15, -0.1) is 11.3 Å². The summed E-state index contributed by atoms with van der Waals surface area (Å²) in [5.74, 6) is -0.283. The van der Waals surface area contributed by atoms with Crippen molar-refractivity contribution < 1.29 is 4.79 Å². The molecule has 0 fully saturated rings. The Morgan fingerprint density at radius 2 is 2.50 bits per heavy atom. The van der Waals surface area contributed by atoms with Gasteiger partial charge in [-0.2, -0.15) is 10.1 Å². The third-order valence-corrected chi connectivity index (χ3v) is 3.81. The van der Waals surface area contributed by atoms with Gasteiger partial charge in [-0.3, -0.25) is 9.89 Å². The van der Waals surface area contributed by atoms with Gasteiger partial charge in [-0.05, 0) is 0 Å². The van der Waals surface area contributed by atoms with Crippen LogP contribution in [0.1, 0.15) is 21.7 Å². The second-order valence-electron chi connectivity index (χ2n) is 4.17. The normalized spacial score (nSPS) is 15.7. The molecule has 2 N–H and O–H groups in total. The summed E-state index contributed by atoms with van der Waals surface area (Å²) in [6.45, 7) is 1.60. The smallest absolute Gasteiger partial charge is 0.300 e. The van der Waals surface area contributed by atoms with Crippen molar-refractivity contribution in [1.29, 1.82) is 0 Å². The Balaban J connectivity index is 1.99. The topological polar surface area (TPSA) is 75.1 Å². The third-order valence-electron chi connectivity index (χ3n) is 2.97. The zero-order valence-corrected chi connectivity index (χ0v) is 10.8. The maximum absolute atomic E-state index is 12.1. The van der Waals surface area contributed by atoms with Crippen LogP contribution in [0, 0.1) is 0 Å². The summed E-state index contributed by atoms with van der Waals surface area (Å²) in [7, 11) is 1.87. The summed E-state index contributed by atoms with van der Waals surface area (Å²) in [5.41, 5.74) is 2.43. The first-order valence-electron chi connectivity index (χ1n) is 5.71. The molecule has 2 aromatic heterocycles. The van der Waals surface area contributed by atoms with Gasteiger partial charge >= 0.3 is 0 Å². The molecule has 0 saturated heterocycles. The SMILES string of the molecule is Cn1ccsc1=NC(=O)c1n[nH]c2c1CNCC2. The van der Waals surface area contributed by atoms with Crippen molar-refractivity contribution in [1.82, 2.24) is 20.1 Å². The minimum absolute atomic E-state index is 0.283. The first-order valence-corrected chi connectivity index (χ1v) is 6.59. The molecule has 94 valence electrons. The molecule has 7 heteroatoms. The molecule has 3 heterocycles. The first-order chi connectivity index (χ1) is 8.75. The Hall–Kier alpha value is -1.73. The van der Waals surface area contributed by atoms with Crippen molar-refractivity contribution in [3.8, 4) is 0 Å². The predicted octanol–water partition coefficient (Wildman–Crippen LogP) is 0.196. The number of H-pyrrole nitrogens is 1. The van der Waals surface area contributed by atoms with Crippen LogP contribution in [0.2, 0.25) is 0 Å². The molecule has 1 amide bonds. The highest BCUT2D eigenvalue weighted by molar-refractivity contribution is 7.07. The number of nitrogens with one attached hydrogen (secondary N) is 2. The van der Waals surface area contributed by atoms with Gasteiger partial charge in [0.2, 0.25) is 0 Å². The van der Waals surface area contributed by atoms with Gasteiger partial charge in [0.25, 0.3) is 5.91 Å². The Kier molecular flexibility index (Phi) is 2.85. The highest BCUT2D eigenvalue weighted by Gasteiger charge is 2.21. The van der Waals surface area contributed by atoms with Crippen LogP contribution in [0.15, 0.2) is 16.6 Å². The lowest BCUT2D eigenvalue weighted by Crippen LogP contribution is -2.24. The van der Waals surface area contributed by atoms with Crippen LogP contribution >= 0.6 is 11.3 Å². The summed E-state index contributed by atoms with van der Waals surface area (Å²) >= 11 is 1.43. The fraction of sp³-hybridized carbons (Fsp3) is 0.364. The Morgan fingerprint density at radius 3 is 3.28 bits per heavy atom. The Labute approximate surface area is 107 Å². The van der Waals surface area contributed by atoms with Gasteiger partial charge in [0, 0.05) is 49.4 Å². The molecule has 0 bridgehead atoms. The average molecular weight is 263 g/mol. The number of fused-ring (bicyclic) bond motifs is 1. The first kappa shape index (κ1) is 11.4. The lowest BCUT2D eigenvalue weighted by Gasteiger charge is -2.11. The number of hydrogen-bond acceptors (Lipinski definition) is 4. The number of aryl methyl sites for hydroxylation is 1. The highest BCUT2D eigenvalue weighted by atomic mass is 32.1. The number of nitrogens with zero attached hydrogens (tertiary/aromatic N) is 3. The van der Waals surface area contributed by atoms with Gasteiger partial charge in [0.1, 0.15) is 0 Å². The van der Waals surface area contributed by atoms with Crippen molar-refractivity contribution >= 4 is 17.2 Å². The van der Waals surface area contributed by atoms with Crippen molar-refractivity contribution in [2.75, 3.05) is 6.54 Å². The molecule has 3 rings (SSSR count). The molecule has 0 aromatic carbocycles. The lowest BCUT2D eigenvalue weighted by molar-refractivity contribution is 0.0992. The molecule has 2 aromatic rings. The Morgan fingerprint density at radius 1 is 1.61 bits per heavy atom. The van der Waals surface area contributed by atoms with E-state index < -0.39 is 0 Å². The number of carbonyl (C=O) groups is 1. The minimum Gasteiger partial charge on any atom is -0.327 e. The van der Waals surface area contributed by atoms with Gasteiger partial charge < -0.3 is 9.88 Å². The van der Waals surface area contributed by atoms with Gasteiger partial charge in [-0.1, -0.05) is 0 Å². The van der Waals surface area contributed by atoms with E-state index in [1.165, 1.54) is 11.3 Å². The van der Waals surface area contributed by atoms with Crippen LogP contribution in [0.25, 0.3) is 0 Å². The van der Waals surface area contributed by atoms with Gasteiger partial charge in [0.15, 0.2) is 10.5 Å². The van der Waals surface area contributed by atoms with E-state index in [-0.39, 0.29) is 5.91 Å². The van der Waals surface area contributed by atoms with E-state index in [0.29, 0.717) is 17.0 Å². The zero-order valence-electron chi connectivity index (χ0n) is 9.93. The molecular formula is C11H13N5OS. The number of hydrogen-bond donors (Lipinski definition) is 2. The fourth-order valence-electron chi connectivity index (χ4n) is 1.98. The van der Waals surface area contributed by atoms with Crippen molar-refractivity contribution in [3.05, 3.63) is 33.3 Å². The maximum atomic E-state index is 12.1. The minimum atomic E-state index is -0.283. The van der Waals surface area contributed by atoms with E-state index in [4.69, 9.17) is 0 Å². The number of aromatic amines is 1. The van der Waals surface area contributed by atoms with E-state index in [2.05, 4.69) is 20.5 Å². The van der Waals surface area contributed by atoms with Crippen molar-refractivity contribution in [2.24, 2.45) is 12.0 Å². The third kappa shape index (κ3) is 1.91. The molecule has 0 spiro atoms. The molecule has 6 nitrogen and oxygen atoms in total. The standard InChI is InChI=1S/C11H13N5OS/c1-16-4-5-18-11(16)13-10(17)9-7-6-12-3-2-8(7)14-15-9/h4-5,12H,2-3,6H2,1H3,(H,14,15). The Bertz CT molecular complexity index is 650. The van der Waals surface area contributed by atoms with E-state index >= 15 is 0 Å². The number of carbonyl (C=O) groups excluding carboxylic acids is 1. The van der Waals surface area contributed by atoms with Crippen LogP contribution in [-0.4, -0.2) is 27.2 Å². The van der Waals surface area contributed by atoms with Crippen LogP contribution < -0.4 is 10.1 Å². The molecule has 1 aliphatic heterocycles. The number of aromatic nitrogens is 3. The molecule has 0 atom stereocenters. The van der Waals surface area contributed by atoms with Crippen LogP contribution in [0.3, 0.4) is 0 Å². The van der Waals surface area contributed by atoms with E-state index in [0.717, 1.165) is 24.2 Å². The second kappa shape index (κ2) is 4.51. The fourth-order valence-corrected chi connectivity index (χ4v) is 2.70. The number of thiazole rings is 1. The van der Waals surface area contributed by atoms with Gasteiger partial charge in [0.05, 0.1) is 0 Å². The quantitative estimate of drug-likeness (QED) is 0.771.